The Kier molecular flexibility index (Phi) is 3.10. The number of primary amides is 1. The van der Waals surface area contributed by atoms with Gasteiger partial charge >= 0.3 is 0 Å². The Labute approximate surface area is 104 Å². The molecule has 0 aliphatic carbocycles. The van der Waals surface area contributed by atoms with E-state index in [0.29, 0.717) is 5.56 Å². The molecular weight excluding hydrogens is 236 g/mol. The lowest BCUT2D eigenvalue weighted by atomic mass is 9.93. The lowest BCUT2D eigenvalue weighted by molar-refractivity contribution is -0.124. The molecule has 96 valence electrons. The number of benzene rings is 1. The summed E-state index contributed by atoms with van der Waals surface area (Å²) in [5, 5.41) is 12.2. The molecule has 0 aromatic heterocycles. The molecule has 0 radical (unpaired) electrons. The van der Waals surface area contributed by atoms with Gasteiger partial charge in [0.2, 0.25) is 11.8 Å². The summed E-state index contributed by atoms with van der Waals surface area (Å²) in [6.45, 7) is 0. The topological polar surface area (TPSA) is 102 Å². The predicted molar refractivity (Wildman–Crippen MR) is 62.8 cm³/mol. The SMILES string of the molecule is COc1cc(C2NC(=O)CC2C(N)=O)ccc1O. The smallest absolute Gasteiger partial charge is 0.223 e. The van der Waals surface area contributed by atoms with Crippen molar-refractivity contribution in [1.29, 1.82) is 0 Å². The van der Waals surface area contributed by atoms with Gasteiger partial charge in [0.25, 0.3) is 0 Å². The zero-order valence-corrected chi connectivity index (χ0v) is 9.84. The number of carbonyl (C=O) groups excluding carboxylic acids is 2. The molecule has 2 atom stereocenters. The highest BCUT2D eigenvalue weighted by molar-refractivity contribution is 5.89. The van der Waals surface area contributed by atoms with Crippen molar-refractivity contribution in [3.63, 3.8) is 0 Å². The highest BCUT2D eigenvalue weighted by Crippen LogP contribution is 2.35. The fraction of sp³-hybridized carbons (Fsp3) is 0.333. The summed E-state index contributed by atoms with van der Waals surface area (Å²) in [7, 11) is 1.43. The lowest BCUT2D eigenvalue weighted by Gasteiger charge is -2.17. The van der Waals surface area contributed by atoms with Crippen molar-refractivity contribution in [2.75, 3.05) is 7.11 Å². The minimum atomic E-state index is -0.577. The number of nitrogens with two attached hydrogens (primary N) is 1. The summed E-state index contributed by atoms with van der Waals surface area (Å²) in [5.74, 6) is -1.02. The first kappa shape index (κ1) is 12.2. The molecular formula is C12H14N2O4. The standard InChI is InChI=1S/C12H14N2O4/c1-18-9-4-6(2-3-8(9)15)11-7(12(13)17)5-10(16)14-11/h2-4,7,11,15H,5H2,1H3,(H2,13,17)(H,14,16). The van der Waals surface area contributed by atoms with Gasteiger partial charge in [0.1, 0.15) is 0 Å². The number of aromatic hydroxyl groups is 1. The van der Waals surface area contributed by atoms with E-state index in [9.17, 15) is 14.7 Å². The van der Waals surface area contributed by atoms with Crippen molar-refractivity contribution in [2.24, 2.45) is 11.7 Å². The van der Waals surface area contributed by atoms with Crippen molar-refractivity contribution in [2.45, 2.75) is 12.5 Å². The maximum absolute atomic E-state index is 11.4. The van der Waals surface area contributed by atoms with Crippen LogP contribution in [0.15, 0.2) is 18.2 Å². The Morgan fingerprint density at radius 3 is 2.89 bits per heavy atom. The monoisotopic (exact) mass is 250 g/mol. The molecule has 0 spiro atoms. The molecule has 1 aliphatic rings. The Morgan fingerprint density at radius 2 is 2.28 bits per heavy atom. The van der Waals surface area contributed by atoms with Crippen LogP contribution in [0.5, 0.6) is 11.5 Å². The van der Waals surface area contributed by atoms with Crippen LogP contribution in [0, 0.1) is 5.92 Å². The highest BCUT2D eigenvalue weighted by atomic mass is 16.5. The third-order valence-electron chi connectivity index (χ3n) is 3.05. The Morgan fingerprint density at radius 1 is 1.56 bits per heavy atom. The van der Waals surface area contributed by atoms with E-state index in [1.807, 2.05) is 0 Å². The summed E-state index contributed by atoms with van der Waals surface area (Å²) >= 11 is 0. The fourth-order valence-corrected chi connectivity index (χ4v) is 2.12. The van der Waals surface area contributed by atoms with E-state index in [-0.39, 0.29) is 23.8 Å². The molecule has 1 aromatic carbocycles. The van der Waals surface area contributed by atoms with Crippen molar-refractivity contribution < 1.29 is 19.4 Å². The minimum absolute atomic E-state index is 0.00111. The number of hydrogen-bond donors (Lipinski definition) is 3. The van der Waals surface area contributed by atoms with E-state index in [1.54, 1.807) is 12.1 Å². The van der Waals surface area contributed by atoms with Gasteiger partial charge in [-0.15, -0.1) is 0 Å². The predicted octanol–water partition coefficient (Wildman–Crippen LogP) is 0.0633. The molecule has 18 heavy (non-hydrogen) atoms. The number of ether oxygens (including phenoxy) is 1. The molecule has 1 fully saturated rings. The Hall–Kier alpha value is -2.24. The largest absolute Gasteiger partial charge is 0.504 e. The van der Waals surface area contributed by atoms with Gasteiger partial charge in [-0.3, -0.25) is 9.59 Å². The van der Waals surface area contributed by atoms with Crippen LogP contribution in [0.25, 0.3) is 0 Å². The summed E-state index contributed by atoms with van der Waals surface area (Å²) in [6, 6.07) is 4.20. The molecule has 2 unspecified atom stereocenters. The van der Waals surface area contributed by atoms with Crippen LogP contribution in [-0.2, 0) is 9.59 Å². The highest BCUT2D eigenvalue weighted by Gasteiger charge is 2.37. The van der Waals surface area contributed by atoms with Crippen LogP contribution in [-0.4, -0.2) is 24.0 Å². The normalized spacial score (nSPS) is 22.6. The number of phenolic OH excluding ortho intramolecular Hbond substituents is 1. The number of amides is 2. The van der Waals surface area contributed by atoms with E-state index >= 15 is 0 Å². The third kappa shape index (κ3) is 2.09. The number of methoxy groups -OCH3 is 1. The van der Waals surface area contributed by atoms with Crippen LogP contribution in [0.1, 0.15) is 18.0 Å². The molecule has 1 aliphatic heterocycles. The third-order valence-corrected chi connectivity index (χ3v) is 3.05. The van der Waals surface area contributed by atoms with E-state index in [4.69, 9.17) is 10.5 Å². The molecule has 0 saturated carbocycles. The molecule has 1 saturated heterocycles. The summed E-state index contributed by atoms with van der Waals surface area (Å²) in [6.07, 6.45) is 0.0865. The Balaban J connectivity index is 2.35. The van der Waals surface area contributed by atoms with Gasteiger partial charge in [0.05, 0.1) is 19.1 Å². The summed E-state index contributed by atoms with van der Waals surface area (Å²) < 4.78 is 4.99. The van der Waals surface area contributed by atoms with Gasteiger partial charge in [0, 0.05) is 6.42 Å². The van der Waals surface area contributed by atoms with Crippen LogP contribution in [0.3, 0.4) is 0 Å². The second-order valence-corrected chi connectivity index (χ2v) is 4.19. The molecule has 2 rings (SSSR count). The quantitative estimate of drug-likeness (QED) is 0.706. The zero-order chi connectivity index (χ0) is 13.3. The number of carbonyl (C=O) groups is 2. The average molecular weight is 250 g/mol. The molecule has 1 aromatic rings. The van der Waals surface area contributed by atoms with Gasteiger partial charge in [0.15, 0.2) is 11.5 Å². The van der Waals surface area contributed by atoms with Gasteiger partial charge < -0.3 is 20.9 Å². The van der Waals surface area contributed by atoms with Crippen LogP contribution in [0.2, 0.25) is 0 Å². The van der Waals surface area contributed by atoms with Crippen molar-refractivity contribution in [3.05, 3.63) is 23.8 Å². The van der Waals surface area contributed by atoms with Crippen molar-refractivity contribution in [1.82, 2.24) is 5.32 Å². The summed E-state index contributed by atoms with van der Waals surface area (Å²) in [5.41, 5.74) is 5.96. The van der Waals surface area contributed by atoms with Gasteiger partial charge in [-0.1, -0.05) is 6.07 Å². The summed E-state index contributed by atoms with van der Waals surface area (Å²) in [4.78, 5) is 22.7. The second-order valence-electron chi connectivity index (χ2n) is 4.19. The zero-order valence-electron chi connectivity index (χ0n) is 9.84. The van der Waals surface area contributed by atoms with E-state index in [1.165, 1.54) is 13.2 Å². The molecule has 4 N–H and O–H groups in total. The van der Waals surface area contributed by atoms with E-state index in [0.717, 1.165) is 0 Å². The first-order chi connectivity index (χ1) is 8.52. The molecule has 6 nitrogen and oxygen atoms in total. The number of hydrogen-bond acceptors (Lipinski definition) is 4. The lowest BCUT2D eigenvalue weighted by Crippen LogP contribution is -2.29. The number of phenols is 1. The number of nitrogens with one attached hydrogen (secondary N) is 1. The average Bonchev–Trinajstić information content (AvgIpc) is 2.72. The first-order valence-electron chi connectivity index (χ1n) is 5.48. The van der Waals surface area contributed by atoms with Gasteiger partial charge in [-0.2, -0.15) is 0 Å². The molecule has 2 amide bonds. The van der Waals surface area contributed by atoms with E-state index < -0.39 is 17.9 Å². The van der Waals surface area contributed by atoms with Crippen molar-refractivity contribution in [3.8, 4) is 11.5 Å². The van der Waals surface area contributed by atoms with Crippen LogP contribution < -0.4 is 15.8 Å². The molecule has 6 heteroatoms. The second kappa shape index (κ2) is 4.56. The maximum atomic E-state index is 11.4. The molecule has 0 bridgehead atoms. The fourth-order valence-electron chi connectivity index (χ4n) is 2.12. The van der Waals surface area contributed by atoms with Gasteiger partial charge in [-0.05, 0) is 17.7 Å². The Bertz CT molecular complexity index is 501. The van der Waals surface area contributed by atoms with Crippen LogP contribution >= 0.6 is 0 Å². The number of rotatable bonds is 3. The minimum Gasteiger partial charge on any atom is -0.504 e. The van der Waals surface area contributed by atoms with Crippen molar-refractivity contribution >= 4 is 11.8 Å². The molecule has 1 heterocycles. The van der Waals surface area contributed by atoms with Crippen LogP contribution in [0.4, 0.5) is 0 Å². The van der Waals surface area contributed by atoms with Gasteiger partial charge in [-0.25, -0.2) is 0 Å². The first-order valence-corrected chi connectivity index (χ1v) is 5.48. The van der Waals surface area contributed by atoms with E-state index in [2.05, 4.69) is 5.32 Å². The maximum Gasteiger partial charge on any atom is 0.223 e.